The van der Waals surface area contributed by atoms with E-state index in [1.54, 1.807) is 7.11 Å². The number of carbonyl (C=O) groups excluding carboxylic acids is 1. The van der Waals surface area contributed by atoms with Crippen LogP contribution in [0.3, 0.4) is 0 Å². The molecule has 0 bridgehead atoms. The normalized spacial score (nSPS) is 24.9. The van der Waals surface area contributed by atoms with Gasteiger partial charge < -0.3 is 10.1 Å². The topological polar surface area (TPSA) is 41.6 Å². The van der Waals surface area contributed by atoms with Crippen molar-refractivity contribution in [2.24, 2.45) is 5.92 Å². The molecule has 3 aromatic carbocycles. The van der Waals surface area contributed by atoms with Crippen LogP contribution in [0, 0.1) is 5.92 Å². The number of benzene rings is 3. The van der Waals surface area contributed by atoms with E-state index in [2.05, 4.69) is 47.1 Å². The minimum Gasteiger partial charge on any atom is -0.497 e. The summed E-state index contributed by atoms with van der Waals surface area (Å²) in [6, 6.07) is 22.9. The molecule has 4 nitrogen and oxygen atoms in total. The van der Waals surface area contributed by atoms with E-state index in [1.807, 2.05) is 42.5 Å². The highest BCUT2D eigenvalue weighted by Crippen LogP contribution is 2.49. The first-order valence-electron chi connectivity index (χ1n) is 12.4. The van der Waals surface area contributed by atoms with Gasteiger partial charge in [-0.1, -0.05) is 48.5 Å². The summed E-state index contributed by atoms with van der Waals surface area (Å²) in [5.74, 6) is 1.49. The predicted molar refractivity (Wildman–Crippen MR) is 138 cm³/mol. The molecular weight excluding hydrogens is 420 g/mol. The number of rotatable bonds is 6. The van der Waals surface area contributed by atoms with Crippen molar-refractivity contribution in [2.45, 2.75) is 37.1 Å². The summed E-state index contributed by atoms with van der Waals surface area (Å²) in [5, 5.41) is 5.65. The Labute approximate surface area is 202 Å². The second-order valence-electron chi connectivity index (χ2n) is 9.90. The summed E-state index contributed by atoms with van der Waals surface area (Å²) >= 11 is 0. The number of hydrogen-bond donors (Lipinski definition) is 1. The fourth-order valence-corrected chi connectivity index (χ4v) is 6.22. The maximum atomic E-state index is 13.2. The Bertz CT molecular complexity index is 1190. The number of fused-ring (bicyclic) bond motifs is 2. The first-order chi connectivity index (χ1) is 16.6. The molecule has 2 fully saturated rings. The van der Waals surface area contributed by atoms with Gasteiger partial charge >= 0.3 is 0 Å². The number of amides is 1. The van der Waals surface area contributed by atoms with Gasteiger partial charge in [-0.15, -0.1) is 6.58 Å². The van der Waals surface area contributed by atoms with Crippen LogP contribution in [-0.4, -0.2) is 43.6 Å². The second-order valence-corrected chi connectivity index (χ2v) is 9.90. The largest absolute Gasteiger partial charge is 0.497 e. The molecule has 0 aromatic heterocycles. The van der Waals surface area contributed by atoms with Crippen LogP contribution in [0.15, 0.2) is 79.4 Å². The van der Waals surface area contributed by atoms with Crippen LogP contribution in [0.4, 0.5) is 0 Å². The summed E-state index contributed by atoms with van der Waals surface area (Å²) in [5.41, 5.74) is 2.13. The number of piperidine rings is 1. The fourth-order valence-electron chi connectivity index (χ4n) is 6.22. The smallest absolute Gasteiger partial charge is 0.251 e. The first-order valence-corrected chi connectivity index (χ1v) is 12.4. The first kappa shape index (κ1) is 22.7. The fraction of sp³-hybridized carbons (Fsp3) is 0.367. The SMILES string of the molecule is C=CCN1CCC2(c3cccc(OC)c3)CC(NC(=O)c3ccc4ccccc4c3)CCC2C1. The predicted octanol–water partition coefficient (Wildman–Crippen LogP) is 5.58. The van der Waals surface area contributed by atoms with E-state index in [4.69, 9.17) is 4.74 Å². The number of ether oxygens (including phenoxy) is 1. The van der Waals surface area contributed by atoms with Gasteiger partial charge in [-0.2, -0.15) is 0 Å². The Morgan fingerprint density at radius 1 is 1.12 bits per heavy atom. The Hall–Kier alpha value is -3.11. The lowest BCUT2D eigenvalue weighted by molar-refractivity contribution is 0.0473. The van der Waals surface area contributed by atoms with Crippen LogP contribution in [0.25, 0.3) is 10.8 Å². The van der Waals surface area contributed by atoms with E-state index < -0.39 is 0 Å². The van der Waals surface area contributed by atoms with Gasteiger partial charge in [-0.05, 0) is 78.7 Å². The van der Waals surface area contributed by atoms with Crippen LogP contribution >= 0.6 is 0 Å². The molecule has 1 heterocycles. The van der Waals surface area contributed by atoms with Gasteiger partial charge in [0.1, 0.15) is 5.75 Å². The van der Waals surface area contributed by atoms with E-state index >= 15 is 0 Å². The van der Waals surface area contributed by atoms with Gasteiger partial charge in [-0.25, -0.2) is 0 Å². The van der Waals surface area contributed by atoms with Crippen molar-refractivity contribution in [1.82, 2.24) is 10.2 Å². The Morgan fingerprint density at radius 2 is 1.97 bits per heavy atom. The van der Waals surface area contributed by atoms with Gasteiger partial charge in [0.25, 0.3) is 5.91 Å². The minimum absolute atomic E-state index is 0.0269. The number of carbonyl (C=O) groups is 1. The lowest BCUT2D eigenvalue weighted by Crippen LogP contribution is -2.56. The van der Waals surface area contributed by atoms with E-state index in [-0.39, 0.29) is 17.4 Å². The van der Waals surface area contributed by atoms with Crippen molar-refractivity contribution in [2.75, 3.05) is 26.7 Å². The molecule has 3 unspecified atom stereocenters. The number of likely N-dealkylation sites (tertiary alicyclic amines) is 1. The maximum Gasteiger partial charge on any atom is 0.251 e. The molecule has 1 amide bonds. The number of hydrogen-bond acceptors (Lipinski definition) is 3. The van der Waals surface area contributed by atoms with Crippen LogP contribution in [-0.2, 0) is 5.41 Å². The maximum absolute atomic E-state index is 13.2. The zero-order valence-electron chi connectivity index (χ0n) is 20.0. The third-order valence-electron chi connectivity index (χ3n) is 7.99. The van der Waals surface area contributed by atoms with Crippen molar-refractivity contribution < 1.29 is 9.53 Å². The summed E-state index contributed by atoms with van der Waals surface area (Å²) in [6.07, 6.45) is 6.17. The van der Waals surface area contributed by atoms with Crippen molar-refractivity contribution >= 4 is 16.7 Å². The molecule has 1 saturated carbocycles. The Balaban J connectivity index is 1.39. The zero-order chi connectivity index (χ0) is 23.5. The van der Waals surface area contributed by atoms with E-state index in [9.17, 15) is 4.79 Å². The molecule has 3 atom stereocenters. The van der Waals surface area contributed by atoms with Gasteiger partial charge in [0.05, 0.1) is 7.11 Å². The molecule has 0 radical (unpaired) electrons. The molecule has 5 rings (SSSR count). The molecule has 2 aliphatic rings. The summed E-state index contributed by atoms with van der Waals surface area (Å²) < 4.78 is 5.57. The molecule has 1 N–H and O–H groups in total. The number of nitrogens with zero attached hydrogens (tertiary/aromatic N) is 1. The molecule has 0 spiro atoms. The standard InChI is InChI=1S/C30H34N2O2/c1-3-16-32-17-15-30(25-9-6-10-28(19-25)34-2)20-27(14-13-26(30)21-32)31-29(33)24-12-11-22-7-4-5-8-23(22)18-24/h3-12,18-19,26-27H,1,13-17,20-21H2,2H3,(H,31,33). The van der Waals surface area contributed by atoms with Gasteiger partial charge in [0, 0.05) is 30.1 Å². The summed E-state index contributed by atoms with van der Waals surface area (Å²) in [7, 11) is 1.73. The van der Waals surface area contributed by atoms with Crippen LogP contribution < -0.4 is 10.1 Å². The number of methoxy groups -OCH3 is 1. The van der Waals surface area contributed by atoms with Gasteiger partial charge in [0.2, 0.25) is 0 Å². The van der Waals surface area contributed by atoms with Crippen LogP contribution in [0.5, 0.6) is 5.75 Å². The quantitative estimate of drug-likeness (QED) is 0.495. The van der Waals surface area contributed by atoms with Gasteiger partial charge in [0.15, 0.2) is 0 Å². The van der Waals surface area contributed by atoms with Crippen molar-refractivity contribution in [3.8, 4) is 5.75 Å². The molecule has 4 heteroatoms. The van der Waals surface area contributed by atoms with Crippen molar-refractivity contribution in [3.05, 3.63) is 90.5 Å². The van der Waals surface area contributed by atoms with E-state index in [1.165, 1.54) is 5.56 Å². The van der Waals surface area contributed by atoms with Crippen LogP contribution in [0.1, 0.15) is 41.6 Å². The molecule has 3 aromatic rings. The van der Waals surface area contributed by atoms with Crippen molar-refractivity contribution in [3.63, 3.8) is 0 Å². The van der Waals surface area contributed by atoms with Crippen molar-refractivity contribution in [1.29, 1.82) is 0 Å². The lowest BCUT2D eigenvalue weighted by Gasteiger charge is -2.53. The Kier molecular flexibility index (Phi) is 6.42. The average Bonchev–Trinajstić information content (AvgIpc) is 2.88. The lowest BCUT2D eigenvalue weighted by atomic mass is 9.58. The second kappa shape index (κ2) is 9.63. The summed E-state index contributed by atoms with van der Waals surface area (Å²) in [6.45, 7) is 7.01. The molecule has 34 heavy (non-hydrogen) atoms. The molecule has 1 saturated heterocycles. The Morgan fingerprint density at radius 3 is 2.79 bits per heavy atom. The van der Waals surface area contributed by atoms with E-state index in [0.29, 0.717) is 5.92 Å². The number of nitrogens with one attached hydrogen (secondary N) is 1. The third kappa shape index (κ3) is 4.35. The molecule has 1 aliphatic heterocycles. The third-order valence-corrected chi connectivity index (χ3v) is 7.99. The monoisotopic (exact) mass is 454 g/mol. The van der Waals surface area contributed by atoms with Crippen LogP contribution in [0.2, 0.25) is 0 Å². The minimum atomic E-state index is 0.0269. The average molecular weight is 455 g/mol. The highest BCUT2D eigenvalue weighted by molar-refractivity contribution is 5.98. The highest BCUT2D eigenvalue weighted by atomic mass is 16.5. The van der Waals surface area contributed by atoms with Gasteiger partial charge in [-0.3, -0.25) is 9.69 Å². The zero-order valence-corrected chi connectivity index (χ0v) is 20.0. The molecule has 1 aliphatic carbocycles. The van der Waals surface area contributed by atoms with E-state index in [0.717, 1.165) is 67.4 Å². The summed E-state index contributed by atoms with van der Waals surface area (Å²) in [4.78, 5) is 15.8. The molecular formula is C30H34N2O2. The highest BCUT2D eigenvalue weighted by Gasteiger charge is 2.48. The molecule has 176 valence electrons.